The average Bonchev–Trinajstić information content (AvgIpc) is 2.70. The number of hydrazine groups is 1. The number of benzene rings is 2. The molecule has 0 aliphatic heterocycles. The van der Waals surface area contributed by atoms with Crippen LogP contribution in [0.5, 0.6) is 11.5 Å². The molecule has 0 fully saturated rings. The second kappa shape index (κ2) is 9.58. The van der Waals surface area contributed by atoms with Crippen LogP contribution < -0.4 is 20.3 Å². The summed E-state index contributed by atoms with van der Waals surface area (Å²) < 4.78 is 15.8. The largest absolute Gasteiger partial charge is 0.495 e. The number of amides is 2. The van der Waals surface area contributed by atoms with Gasteiger partial charge in [-0.2, -0.15) is 0 Å². The molecule has 2 aromatic rings. The fourth-order valence-corrected chi connectivity index (χ4v) is 2.58. The third-order valence-electron chi connectivity index (χ3n) is 3.37. The van der Waals surface area contributed by atoms with E-state index in [0.717, 1.165) is 0 Å². The smallest absolute Gasteiger partial charge is 0.338 e. The molecule has 0 radical (unpaired) electrons. The molecule has 27 heavy (non-hydrogen) atoms. The van der Waals surface area contributed by atoms with E-state index in [1.54, 1.807) is 30.3 Å². The van der Waals surface area contributed by atoms with Gasteiger partial charge in [-0.05, 0) is 40.2 Å². The van der Waals surface area contributed by atoms with Gasteiger partial charge in [-0.3, -0.25) is 20.4 Å². The molecule has 0 spiro atoms. The first kappa shape index (κ1) is 20.2. The van der Waals surface area contributed by atoms with E-state index in [-0.39, 0.29) is 5.56 Å². The molecule has 142 valence electrons. The average molecular weight is 437 g/mol. The predicted octanol–water partition coefficient (Wildman–Crippen LogP) is 2.08. The van der Waals surface area contributed by atoms with Crippen molar-refractivity contribution in [1.29, 1.82) is 0 Å². The van der Waals surface area contributed by atoms with E-state index < -0.39 is 24.4 Å². The third-order valence-corrected chi connectivity index (χ3v) is 4.15. The summed E-state index contributed by atoms with van der Waals surface area (Å²) in [5, 5.41) is 0. The molecule has 0 unspecified atom stereocenters. The maximum absolute atomic E-state index is 12.1. The summed E-state index contributed by atoms with van der Waals surface area (Å²) in [6.45, 7) is -0.575. The van der Waals surface area contributed by atoms with Crippen LogP contribution in [-0.2, 0) is 9.53 Å². The summed E-state index contributed by atoms with van der Waals surface area (Å²) in [4.78, 5) is 35.7. The second-order valence-corrected chi connectivity index (χ2v) is 5.93. The Morgan fingerprint density at radius 1 is 0.926 bits per heavy atom. The normalized spacial score (nSPS) is 9.89. The molecule has 9 heteroatoms. The van der Waals surface area contributed by atoms with Crippen molar-refractivity contribution in [1.82, 2.24) is 10.9 Å². The summed E-state index contributed by atoms with van der Waals surface area (Å²) in [5.41, 5.74) is 4.92. The first-order valence-corrected chi connectivity index (χ1v) is 8.48. The van der Waals surface area contributed by atoms with Crippen molar-refractivity contribution in [3.05, 3.63) is 58.1 Å². The van der Waals surface area contributed by atoms with Crippen molar-refractivity contribution in [2.24, 2.45) is 0 Å². The summed E-state index contributed by atoms with van der Waals surface area (Å²) in [6.07, 6.45) is 0. The molecule has 0 saturated carbocycles. The van der Waals surface area contributed by atoms with Gasteiger partial charge in [-0.25, -0.2) is 4.79 Å². The van der Waals surface area contributed by atoms with Crippen LogP contribution in [0, 0.1) is 0 Å². The Morgan fingerprint density at radius 2 is 1.52 bits per heavy atom. The zero-order valence-corrected chi connectivity index (χ0v) is 16.2. The predicted molar refractivity (Wildman–Crippen MR) is 99.6 cm³/mol. The Labute approximate surface area is 163 Å². The molecule has 2 N–H and O–H groups in total. The van der Waals surface area contributed by atoms with Crippen LogP contribution in [0.15, 0.2) is 46.9 Å². The van der Waals surface area contributed by atoms with Crippen LogP contribution in [0.25, 0.3) is 0 Å². The van der Waals surface area contributed by atoms with Crippen LogP contribution in [0.4, 0.5) is 0 Å². The summed E-state index contributed by atoms with van der Waals surface area (Å²) in [6, 6.07) is 11.2. The Hall–Kier alpha value is -3.07. The van der Waals surface area contributed by atoms with Gasteiger partial charge in [0, 0.05) is 5.56 Å². The van der Waals surface area contributed by atoms with E-state index in [4.69, 9.17) is 14.2 Å². The molecule has 0 aromatic heterocycles. The SMILES string of the molecule is COc1cc(C(=O)OCC(=O)NNC(=O)c2ccccc2)cc(OC)c1Br. The number of methoxy groups -OCH3 is 2. The molecule has 2 amide bonds. The number of rotatable bonds is 6. The van der Waals surface area contributed by atoms with Crippen LogP contribution in [0.1, 0.15) is 20.7 Å². The molecule has 8 nitrogen and oxygen atoms in total. The lowest BCUT2D eigenvalue weighted by atomic mass is 10.2. The lowest BCUT2D eigenvalue weighted by molar-refractivity contribution is -0.125. The van der Waals surface area contributed by atoms with Crippen LogP contribution in [0.3, 0.4) is 0 Å². The number of halogens is 1. The van der Waals surface area contributed by atoms with Crippen molar-refractivity contribution in [3.63, 3.8) is 0 Å². The fourth-order valence-electron chi connectivity index (χ4n) is 2.03. The van der Waals surface area contributed by atoms with Gasteiger partial charge in [0.05, 0.1) is 19.8 Å². The third kappa shape index (κ3) is 5.45. The molecule has 2 rings (SSSR count). The Kier molecular flexibility index (Phi) is 7.18. The van der Waals surface area contributed by atoms with Gasteiger partial charge in [-0.15, -0.1) is 0 Å². The van der Waals surface area contributed by atoms with E-state index in [0.29, 0.717) is 21.5 Å². The lowest BCUT2D eigenvalue weighted by Crippen LogP contribution is -2.43. The molecule has 0 heterocycles. The quantitative estimate of drug-likeness (QED) is 0.530. The summed E-state index contributed by atoms with van der Waals surface area (Å²) >= 11 is 3.29. The maximum atomic E-state index is 12.1. The molecule has 0 aliphatic carbocycles. The Balaban J connectivity index is 1.89. The second-order valence-electron chi connectivity index (χ2n) is 5.14. The highest BCUT2D eigenvalue weighted by Gasteiger charge is 2.17. The van der Waals surface area contributed by atoms with Crippen molar-refractivity contribution >= 4 is 33.7 Å². The Morgan fingerprint density at radius 3 is 2.07 bits per heavy atom. The van der Waals surface area contributed by atoms with E-state index in [9.17, 15) is 14.4 Å². The summed E-state index contributed by atoms with van der Waals surface area (Å²) in [7, 11) is 2.88. The Bertz CT molecular complexity index is 816. The standard InChI is InChI=1S/C18H17BrN2O6/c1-25-13-8-12(9-14(26-2)16(13)19)18(24)27-10-15(22)20-21-17(23)11-6-4-3-5-7-11/h3-9H,10H2,1-2H3,(H,20,22)(H,21,23). The van der Waals surface area contributed by atoms with Crippen molar-refractivity contribution in [2.45, 2.75) is 0 Å². The number of carbonyl (C=O) groups excluding carboxylic acids is 3. The molecular weight excluding hydrogens is 420 g/mol. The highest BCUT2D eigenvalue weighted by Crippen LogP contribution is 2.35. The molecule has 2 aromatic carbocycles. The van der Waals surface area contributed by atoms with Crippen LogP contribution >= 0.6 is 15.9 Å². The lowest BCUT2D eigenvalue weighted by Gasteiger charge is -2.11. The number of ether oxygens (including phenoxy) is 3. The molecule has 0 bridgehead atoms. The van der Waals surface area contributed by atoms with Gasteiger partial charge in [0.25, 0.3) is 11.8 Å². The van der Waals surface area contributed by atoms with E-state index in [2.05, 4.69) is 26.8 Å². The number of nitrogens with one attached hydrogen (secondary N) is 2. The minimum atomic E-state index is -0.747. The maximum Gasteiger partial charge on any atom is 0.338 e. The molecule has 0 atom stereocenters. The van der Waals surface area contributed by atoms with Crippen molar-refractivity contribution < 1.29 is 28.6 Å². The van der Waals surface area contributed by atoms with Gasteiger partial charge >= 0.3 is 5.97 Å². The van der Waals surface area contributed by atoms with Gasteiger partial charge in [-0.1, -0.05) is 18.2 Å². The van der Waals surface area contributed by atoms with Gasteiger partial charge in [0.1, 0.15) is 16.0 Å². The van der Waals surface area contributed by atoms with Crippen molar-refractivity contribution in [3.8, 4) is 11.5 Å². The zero-order chi connectivity index (χ0) is 19.8. The van der Waals surface area contributed by atoms with Crippen LogP contribution in [-0.4, -0.2) is 38.6 Å². The number of hydrogen-bond acceptors (Lipinski definition) is 6. The minimum absolute atomic E-state index is 0.146. The molecule has 0 aliphatic rings. The summed E-state index contributed by atoms with van der Waals surface area (Å²) in [5.74, 6) is -1.17. The fraction of sp³-hybridized carbons (Fsp3) is 0.167. The van der Waals surface area contributed by atoms with E-state index in [1.165, 1.54) is 26.4 Å². The van der Waals surface area contributed by atoms with E-state index >= 15 is 0 Å². The number of carbonyl (C=O) groups is 3. The van der Waals surface area contributed by atoms with Gasteiger partial charge in [0.15, 0.2) is 6.61 Å². The topological polar surface area (TPSA) is 103 Å². The highest BCUT2D eigenvalue weighted by molar-refractivity contribution is 9.10. The molecule has 0 saturated heterocycles. The molecular formula is C18H17BrN2O6. The number of hydrogen-bond donors (Lipinski definition) is 2. The minimum Gasteiger partial charge on any atom is -0.495 e. The number of esters is 1. The van der Waals surface area contributed by atoms with Gasteiger partial charge < -0.3 is 14.2 Å². The first-order valence-electron chi connectivity index (χ1n) is 7.69. The monoisotopic (exact) mass is 436 g/mol. The zero-order valence-electron chi connectivity index (χ0n) is 14.6. The van der Waals surface area contributed by atoms with E-state index in [1.807, 2.05) is 0 Å². The van der Waals surface area contributed by atoms with Gasteiger partial charge in [0.2, 0.25) is 0 Å². The first-order chi connectivity index (χ1) is 13.0. The van der Waals surface area contributed by atoms with Crippen LogP contribution in [0.2, 0.25) is 0 Å². The highest BCUT2D eigenvalue weighted by atomic mass is 79.9. The van der Waals surface area contributed by atoms with Crippen molar-refractivity contribution in [2.75, 3.05) is 20.8 Å².